The third-order valence-corrected chi connectivity index (χ3v) is 2.58. The number of hydrogen-bond acceptors (Lipinski definition) is 2. The molecular formula is C14H20N2O. The van der Waals surface area contributed by atoms with Crippen molar-refractivity contribution in [3.8, 4) is 0 Å². The van der Waals surface area contributed by atoms with Gasteiger partial charge in [0.15, 0.2) is 5.43 Å². The molecule has 0 aliphatic rings. The predicted octanol–water partition coefficient (Wildman–Crippen LogP) is 3.06. The maximum absolute atomic E-state index is 11.9. The maximum atomic E-state index is 11.9. The number of aromatic nitrogens is 2. The van der Waals surface area contributed by atoms with Crippen molar-refractivity contribution in [1.29, 1.82) is 0 Å². The van der Waals surface area contributed by atoms with Crippen molar-refractivity contribution >= 4 is 11.0 Å². The van der Waals surface area contributed by atoms with E-state index in [-0.39, 0.29) is 5.43 Å². The van der Waals surface area contributed by atoms with E-state index < -0.39 is 0 Å². The molecule has 0 unspecified atom stereocenters. The molecule has 2 aromatic heterocycles. The van der Waals surface area contributed by atoms with Gasteiger partial charge in [0.1, 0.15) is 5.65 Å². The lowest BCUT2D eigenvalue weighted by atomic mass is 10.2. The molecule has 3 heteroatoms. The van der Waals surface area contributed by atoms with Crippen LogP contribution in [-0.2, 0) is 6.54 Å². The molecule has 2 aromatic rings. The first-order valence-electron chi connectivity index (χ1n) is 6.11. The Morgan fingerprint density at radius 1 is 1.24 bits per heavy atom. The van der Waals surface area contributed by atoms with E-state index in [9.17, 15) is 4.79 Å². The van der Waals surface area contributed by atoms with Crippen LogP contribution in [0.15, 0.2) is 23.1 Å². The summed E-state index contributed by atoms with van der Waals surface area (Å²) in [6, 6.07) is 3.74. The van der Waals surface area contributed by atoms with Crippen molar-refractivity contribution in [1.82, 2.24) is 9.55 Å². The quantitative estimate of drug-likeness (QED) is 0.757. The van der Waals surface area contributed by atoms with Gasteiger partial charge in [0.05, 0.1) is 5.39 Å². The molecule has 0 aliphatic carbocycles. The Labute approximate surface area is 102 Å². The highest BCUT2D eigenvalue weighted by atomic mass is 16.1. The second kappa shape index (κ2) is 5.62. The molecule has 0 saturated carbocycles. The van der Waals surface area contributed by atoms with Crippen molar-refractivity contribution in [2.75, 3.05) is 0 Å². The van der Waals surface area contributed by atoms with Gasteiger partial charge in [-0.25, -0.2) is 4.98 Å². The van der Waals surface area contributed by atoms with Crippen molar-refractivity contribution < 1.29 is 0 Å². The Morgan fingerprint density at radius 3 is 2.47 bits per heavy atom. The number of pyridine rings is 2. The molecule has 0 radical (unpaired) electrons. The number of nitrogens with zero attached hydrogens (tertiary/aromatic N) is 2. The third kappa shape index (κ3) is 2.54. The zero-order valence-corrected chi connectivity index (χ0v) is 11.2. The fourth-order valence-electron chi connectivity index (χ4n) is 1.75. The molecule has 0 N–H and O–H groups in total. The fourth-order valence-corrected chi connectivity index (χ4v) is 1.75. The first kappa shape index (κ1) is 13.4. The lowest BCUT2D eigenvalue weighted by Gasteiger charge is -2.09. The van der Waals surface area contributed by atoms with Gasteiger partial charge >= 0.3 is 0 Å². The van der Waals surface area contributed by atoms with Crippen molar-refractivity contribution in [3.63, 3.8) is 0 Å². The number of hydrogen-bond donors (Lipinski definition) is 0. The Morgan fingerprint density at radius 2 is 1.88 bits per heavy atom. The highest BCUT2D eigenvalue weighted by Crippen LogP contribution is 2.10. The number of aryl methyl sites for hydroxylation is 3. The summed E-state index contributed by atoms with van der Waals surface area (Å²) in [6.45, 7) is 10.7. The summed E-state index contributed by atoms with van der Waals surface area (Å²) in [5.74, 6) is 0. The van der Waals surface area contributed by atoms with E-state index >= 15 is 0 Å². The Hall–Kier alpha value is -1.64. The monoisotopic (exact) mass is 232 g/mol. The van der Waals surface area contributed by atoms with E-state index in [2.05, 4.69) is 4.98 Å². The molecule has 2 rings (SSSR count). The minimum atomic E-state index is 0.0854. The minimum Gasteiger partial charge on any atom is -0.332 e. The van der Waals surface area contributed by atoms with Crippen LogP contribution in [0.5, 0.6) is 0 Å². The third-order valence-electron chi connectivity index (χ3n) is 2.58. The van der Waals surface area contributed by atoms with Crippen molar-refractivity contribution in [3.05, 3.63) is 39.8 Å². The molecule has 0 fully saturated rings. The summed E-state index contributed by atoms with van der Waals surface area (Å²) in [5.41, 5.74) is 2.58. The van der Waals surface area contributed by atoms with Crippen LogP contribution in [0.1, 0.15) is 32.0 Å². The molecule has 0 aromatic carbocycles. The van der Waals surface area contributed by atoms with Gasteiger partial charge in [-0.05, 0) is 32.9 Å². The topological polar surface area (TPSA) is 34.9 Å². The lowest BCUT2D eigenvalue weighted by molar-refractivity contribution is 0.770. The molecule has 0 bridgehead atoms. The summed E-state index contributed by atoms with van der Waals surface area (Å²) in [6.07, 6.45) is 1.87. The molecule has 0 saturated heterocycles. The first-order valence-corrected chi connectivity index (χ1v) is 6.11. The normalized spacial score (nSPS) is 9.94. The van der Waals surface area contributed by atoms with Gasteiger partial charge in [0, 0.05) is 24.0 Å². The van der Waals surface area contributed by atoms with Crippen molar-refractivity contribution in [2.45, 2.75) is 41.2 Å². The van der Waals surface area contributed by atoms with E-state index in [1.54, 1.807) is 0 Å². The molecule has 92 valence electrons. The van der Waals surface area contributed by atoms with Crippen molar-refractivity contribution in [2.24, 2.45) is 0 Å². The maximum Gasteiger partial charge on any atom is 0.193 e. The minimum absolute atomic E-state index is 0.0854. The van der Waals surface area contributed by atoms with Gasteiger partial charge in [-0.3, -0.25) is 4.79 Å². The van der Waals surface area contributed by atoms with Crippen LogP contribution < -0.4 is 5.43 Å². The van der Waals surface area contributed by atoms with Crippen LogP contribution in [0.4, 0.5) is 0 Å². The van der Waals surface area contributed by atoms with Crippen LogP contribution >= 0.6 is 0 Å². The Bertz CT molecular complexity index is 570. The van der Waals surface area contributed by atoms with Crippen LogP contribution in [0.2, 0.25) is 0 Å². The zero-order valence-electron chi connectivity index (χ0n) is 11.2. The van der Waals surface area contributed by atoms with Gasteiger partial charge in [0.2, 0.25) is 0 Å². The van der Waals surface area contributed by atoms with Crippen LogP contribution in [0.3, 0.4) is 0 Å². The van der Waals surface area contributed by atoms with Gasteiger partial charge in [0.25, 0.3) is 0 Å². The van der Waals surface area contributed by atoms with E-state index in [1.165, 1.54) is 0 Å². The zero-order chi connectivity index (χ0) is 13.0. The average Bonchev–Trinajstić information content (AvgIpc) is 2.36. The fraction of sp³-hybridized carbons (Fsp3) is 0.429. The summed E-state index contributed by atoms with van der Waals surface area (Å²) in [4.78, 5) is 16.3. The highest BCUT2D eigenvalue weighted by Gasteiger charge is 2.06. The lowest BCUT2D eigenvalue weighted by Crippen LogP contribution is -2.13. The SMILES string of the molecule is CC.CCn1cc(C)c(=O)c2ccc(C)nc21. The second-order valence-electron chi connectivity index (χ2n) is 3.75. The largest absolute Gasteiger partial charge is 0.332 e. The smallest absolute Gasteiger partial charge is 0.193 e. The van der Waals surface area contributed by atoms with E-state index in [0.29, 0.717) is 5.39 Å². The van der Waals surface area contributed by atoms with Crippen LogP contribution in [0, 0.1) is 13.8 Å². The predicted molar refractivity (Wildman–Crippen MR) is 72.5 cm³/mol. The van der Waals surface area contributed by atoms with Gasteiger partial charge in [-0.1, -0.05) is 13.8 Å². The first-order chi connectivity index (χ1) is 8.13. The molecule has 0 aliphatic heterocycles. The second-order valence-corrected chi connectivity index (χ2v) is 3.75. The summed E-state index contributed by atoms with van der Waals surface area (Å²) < 4.78 is 2.01. The van der Waals surface area contributed by atoms with Gasteiger partial charge in [-0.15, -0.1) is 0 Å². The van der Waals surface area contributed by atoms with Gasteiger partial charge in [-0.2, -0.15) is 0 Å². The van der Waals surface area contributed by atoms with Crippen LogP contribution in [-0.4, -0.2) is 9.55 Å². The molecular weight excluding hydrogens is 212 g/mol. The molecule has 17 heavy (non-hydrogen) atoms. The molecule has 0 atom stereocenters. The Kier molecular flexibility index (Phi) is 4.44. The standard InChI is InChI=1S/C12H14N2O.C2H6/c1-4-14-7-8(2)11(15)10-6-5-9(3)13-12(10)14;1-2/h5-7H,4H2,1-3H3;1-2H3. The van der Waals surface area contributed by atoms with Gasteiger partial charge < -0.3 is 4.57 Å². The van der Waals surface area contributed by atoms with E-state index in [4.69, 9.17) is 0 Å². The molecule has 0 amide bonds. The van der Waals surface area contributed by atoms with E-state index in [0.717, 1.165) is 23.4 Å². The molecule has 3 nitrogen and oxygen atoms in total. The summed E-state index contributed by atoms with van der Waals surface area (Å²) in [5, 5.41) is 0.711. The summed E-state index contributed by atoms with van der Waals surface area (Å²) >= 11 is 0. The molecule has 2 heterocycles. The highest BCUT2D eigenvalue weighted by molar-refractivity contribution is 5.75. The summed E-state index contributed by atoms with van der Waals surface area (Å²) in [7, 11) is 0. The number of fused-ring (bicyclic) bond motifs is 1. The van der Waals surface area contributed by atoms with Crippen LogP contribution in [0.25, 0.3) is 11.0 Å². The average molecular weight is 232 g/mol. The number of rotatable bonds is 1. The molecule has 0 spiro atoms. The van der Waals surface area contributed by atoms with E-state index in [1.807, 2.05) is 57.5 Å². The Balaban J connectivity index is 0.000000686.